The fraction of sp³-hybridized carbons (Fsp3) is 0.133. The van der Waals surface area contributed by atoms with Crippen LogP contribution in [-0.4, -0.2) is 20.7 Å². The molecule has 2 heterocycles. The molecular weight excluding hydrogens is 323 g/mol. The van der Waals surface area contributed by atoms with E-state index in [4.69, 9.17) is 16.0 Å². The first-order valence-corrected chi connectivity index (χ1v) is 7.11. The van der Waals surface area contributed by atoms with Gasteiger partial charge in [0.1, 0.15) is 18.1 Å². The molecule has 3 rings (SSSR count). The summed E-state index contributed by atoms with van der Waals surface area (Å²) < 4.78 is 20.1. The van der Waals surface area contributed by atoms with Crippen molar-refractivity contribution in [2.45, 2.75) is 13.5 Å². The SMILES string of the molecule is Cc1nnc(-c2cccn2CC(=O)Nc2ccc(F)c(Cl)c2)o1. The normalized spacial score (nSPS) is 10.7. The number of halogens is 2. The largest absolute Gasteiger partial charge is 0.420 e. The van der Waals surface area contributed by atoms with Gasteiger partial charge in [-0.1, -0.05) is 11.6 Å². The summed E-state index contributed by atoms with van der Waals surface area (Å²) in [5.74, 6) is -0.0474. The minimum Gasteiger partial charge on any atom is -0.420 e. The molecule has 0 radical (unpaired) electrons. The molecule has 1 aromatic carbocycles. The van der Waals surface area contributed by atoms with E-state index < -0.39 is 5.82 Å². The fourth-order valence-electron chi connectivity index (χ4n) is 2.08. The number of rotatable bonds is 4. The van der Waals surface area contributed by atoms with E-state index in [9.17, 15) is 9.18 Å². The molecule has 1 amide bonds. The average Bonchev–Trinajstić information content (AvgIpc) is 3.11. The molecule has 0 unspecified atom stereocenters. The Morgan fingerprint density at radius 3 is 2.91 bits per heavy atom. The van der Waals surface area contributed by atoms with Crippen LogP contribution in [0.3, 0.4) is 0 Å². The Bertz CT molecular complexity index is 859. The van der Waals surface area contributed by atoms with Gasteiger partial charge in [-0.2, -0.15) is 0 Å². The highest BCUT2D eigenvalue weighted by molar-refractivity contribution is 6.31. The standard InChI is InChI=1S/C15H12ClFN4O2/c1-9-19-20-15(23-9)13-3-2-6-21(13)8-14(22)18-10-4-5-12(17)11(16)7-10/h2-7H,8H2,1H3,(H,18,22). The Balaban J connectivity index is 1.73. The Hall–Kier alpha value is -2.67. The van der Waals surface area contributed by atoms with E-state index in [1.54, 1.807) is 29.8 Å². The monoisotopic (exact) mass is 334 g/mol. The van der Waals surface area contributed by atoms with Crippen molar-refractivity contribution >= 4 is 23.2 Å². The molecule has 0 spiro atoms. The molecule has 0 saturated carbocycles. The van der Waals surface area contributed by atoms with Gasteiger partial charge >= 0.3 is 0 Å². The number of benzene rings is 1. The lowest BCUT2D eigenvalue weighted by Crippen LogP contribution is -2.18. The number of carbonyl (C=O) groups excluding carboxylic acids is 1. The number of nitrogens with zero attached hydrogens (tertiary/aromatic N) is 3. The quantitative estimate of drug-likeness (QED) is 0.794. The number of anilines is 1. The van der Waals surface area contributed by atoms with Gasteiger partial charge in [0.2, 0.25) is 11.8 Å². The van der Waals surface area contributed by atoms with Crippen LogP contribution < -0.4 is 5.32 Å². The summed E-state index contributed by atoms with van der Waals surface area (Å²) in [6.07, 6.45) is 1.73. The third kappa shape index (κ3) is 3.40. The molecule has 0 bridgehead atoms. The summed E-state index contributed by atoms with van der Waals surface area (Å²) in [4.78, 5) is 12.1. The van der Waals surface area contributed by atoms with E-state index in [0.29, 0.717) is 23.2 Å². The average molecular weight is 335 g/mol. The molecule has 2 aromatic heterocycles. The molecule has 1 N–H and O–H groups in total. The van der Waals surface area contributed by atoms with Gasteiger partial charge in [0.25, 0.3) is 5.89 Å². The van der Waals surface area contributed by atoms with E-state index >= 15 is 0 Å². The highest BCUT2D eigenvalue weighted by Crippen LogP contribution is 2.21. The lowest BCUT2D eigenvalue weighted by atomic mass is 10.3. The van der Waals surface area contributed by atoms with Crippen molar-refractivity contribution in [1.29, 1.82) is 0 Å². The van der Waals surface area contributed by atoms with Crippen LogP contribution in [0.4, 0.5) is 10.1 Å². The summed E-state index contributed by atoms with van der Waals surface area (Å²) in [5.41, 5.74) is 1.06. The predicted molar refractivity (Wildman–Crippen MR) is 82.5 cm³/mol. The van der Waals surface area contributed by atoms with Crippen LogP contribution in [0, 0.1) is 12.7 Å². The molecule has 0 aliphatic heterocycles. The topological polar surface area (TPSA) is 73.0 Å². The zero-order valence-electron chi connectivity index (χ0n) is 12.1. The number of nitrogens with one attached hydrogen (secondary N) is 1. The molecule has 0 aliphatic rings. The van der Waals surface area contributed by atoms with Gasteiger partial charge in [0.05, 0.1) is 5.02 Å². The predicted octanol–water partition coefficient (Wildman–Crippen LogP) is 3.28. The molecule has 3 aromatic rings. The Labute approximate surface area is 135 Å². The van der Waals surface area contributed by atoms with Crippen LogP contribution in [-0.2, 0) is 11.3 Å². The van der Waals surface area contributed by atoms with Gasteiger partial charge < -0.3 is 14.3 Å². The number of carbonyl (C=O) groups is 1. The van der Waals surface area contributed by atoms with Gasteiger partial charge in [0.15, 0.2) is 0 Å². The first-order chi connectivity index (χ1) is 11.0. The van der Waals surface area contributed by atoms with E-state index in [-0.39, 0.29) is 17.5 Å². The molecule has 0 fully saturated rings. The van der Waals surface area contributed by atoms with Gasteiger partial charge in [-0.05, 0) is 30.3 Å². The van der Waals surface area contributed by atoms with E-state index in [2.05, 4.69) is 15.5 Å². The van der Waals surface area contributed by atoms with Crippen LogP contribution in [0.25, 0.3) is 11.6 Å². The molecule has 0 saturated heterocycles. The van der Waals surface area contributed by atoms with Crippen molar-refractivity contribution in [2.24, 2.45) is 0 Å². The van der Waals surface area contributed by atoms with Crippen LogP contribution in [0.1, 0.15) is 5.89 Å². The molecule has 118 valence electrons. The van der Waals surface area contributed by atoms with Crippen molar-refractivity contribution in [1.82, 2.24) is 14.8 Å². The smallest absolute Gasteiger partial charge is 0.264 e. The van der Waals surface area contributed by atoms with Crippen LogP contribution in [0.15, 0.2) is 40.9 Å². The summed E-state index contributed by atoms with van der Waals surface area (Å²) in [6.45, 7) is 1.73. The number of aryl methyl sites for hydroxylation is 1. The molecule has 23 heavy (non-hydrogen) atoms. The maximum atomic E-state index is 13.1. The van der Waals surface area contributed by atoms with Gasteiger partial charge in [-0.3, -0.25) is 4.79 Å². The summed E-state index contributed by atoms with van der Waals surface area (Å²) in [6, 6.07) is 7.54. The second-order valence-corrected chi connectivity index (χ2v) is 5.23. The second kappa shape index (κ2) is 6.21. The fourth-order valence-corrected chi connectivity index (χ4v) is 2.26. The first-order valence-electron chi connectivity index (χ1n) is 6.73. The lowest BCUT2D eigenvalue weighted by molar-refractivity contribution is -0.116. The Kier molecular flexibility index (Phi) is 4.12. The van der Waals surface area contributed by atoms with Crippen LogP contribution in [0.5, 0.6) is 0 Å². The molecule has 0 aliphatic carbocycles. The molecule has 6 nitrogen and oxygen atoms in total. The van der Waals surface area contributed by atoms with Crippen molar-refractivity contribution in [3.05, 3.63) is 53.3 Å². The number of amides is 1. The maximum Gasteiger partial charge on any atom is 0.264 e. The third-order valence-electron chi connectivity index (χ3n) is 3.09. The van der Waals surface area contributed by atoms with Crippen molar-refractivity contribution in [3.8, 4) is 11.6 Å². The minimum atomic E-state index is -0.538. The number of hydrogen-bond donors (Lipinski definition) is 1. The number of hydrogen-bond acceptors (Lipinski definition) is 4. The zero-order valence-corrected chi connectivity index (χ0v) is 12.8. The molecular formula is C15H12ClFN4O2. The summed E-state index contributed by atoms with van der Waals surface area (Å²) >= 11 is 5.69. The minimum absolute atomic E-state index is 0.0404. The van der Waals surface area contributed by atoms with Crippen LogP contribution in [0.2, 0.25) is 5.02 Å². The Morgan fingerprint density at radius 2 is 2.22 bits per heavy atom. The Morgan fingerprint density at radius 1 is 1.39 bits per heavy atom. The van der Waals surface area contributed by atoms with E-state index in [1.807, 2.05) is 0 Å². The van der Waals surface area contributed by atoms with Crippen molar-refractivity contribution in [2.75, 3.05) is 5.32 Å². The molecule has 8 heteroatoms. The van der Waals surface area contributed by atoms with Gasteiger partial charge in [-0.25, -0.2) is 4.39 Å². The third-order valence-corrected chi connectivity index (χ3v) is 3.38. The summed E-state index contributed by atoms with van der Waals surface area (Å²) in [5, 5.41) is 10.3. The van der Waals surface area contributed by atoms with E-state index in [0.717, 1.165) is 0 Å². The number of aromatic nitrogens is 3. The van der Waals surface area contributed by atoms with Crippen molar-refractivity contribution in [3.63, 3.8) is 0 Å². The van der Waals surface area contributed by atoms with Gasteiger partial charge in [0, 0.05) is 18.8 Å². The maximum absolute atomic E-state index is 13.1. The van der Waals surface area contributed by atoms with Crippen LogP contribution >= 0.6 is 11.6 Å². The highest BCUT2D eigenvalue weighted by atomic mass is 35.5. The first kappa shape index (κ1) is 15.2. The van der Waals surface area contributed by atoms with Crippen molar-refractivity contribution < 1.29 is 13.6 Å². The van der Waals surface area contributed by atoms with Gasteiger partial charge in [-0.15, -0.1) is 10.2 Å². The highest BCUT2D eigenvalue weighted by Gasteiger charge is 2.13. The lowest BCUT2D eigenvalue weighted by Gasteiger charge is -2.08. The zero-order chi connectivity index (χ0) is 16.4. The summed E-state index contributed by atoms with van der Waals surface area (Å²) in [7, 11) is 0. The second-order valence-electron chi connectivity index (χ2n) is 4.82. The molecule has 0 atom stereocenters. The van der Waals surface area contributed by atoms with E-state index in [1.165, 1.54) is 18.2 Å².